The van der Waals surface area contributed by atoms with Gasteiger partial charge in [0.25, 0.3) is 0 Å². The standard InChI is InChI=1S/C13H16N4O2/c1-15(2)10-13(11-6-4-3-5-7-11)16-9-12(8-14-16)17(18)19/h3-9,13H,10H2,1-2H3. The molecule has 6 heteroatoms. The van der Waals surface area contributed by atoms with Gasteiger partial charge in [0.15, 0.2) is 0 Å². The monoisotopic (exact) mass is 260 g/mol. The summed E-state index contributed by atoms with van der Waals surface area (Å²) in [5.41, 5.74) is 1.09. The summed E-state index contributed by atoms with van der Waals surface area (Å²) in [6.45, 7) is 0.725. The van der Waals surface area contributed by atoms with Gasteiger partial charge < -0.3 is 4.90 Å². The number of aromatic nitrogens is 2. The summed E-state index contributed by atoms with van der Waals surface area (Å²) in [7, 11) is 3.93. The molecule has 0 amide bonds. The third-order valence-corrected chi connectivity index (χ3v) is 2.84. The molecule has 0 saturated carbocycles. The van der Waals surface area contributed by atoms with E-state index in [-0.39, 0.29) is 11.7 Å². The predicted molar refractivity (Wildman–Crippen MR) is 72.0 cm³/mol. The largest absolute Gasteiger partial charge is 0.307 e. The molecule has 0 aliphatic rings. The molecule has 6 nitrogen and oxygen atoms in total. The van der Waals surface area contributed by atoms with Gasteiger partial charge in [0.05, 0.1) is 11.0 Å². The third kappa shape index (κ3) is 3.17. The highest BCUT2D eigenvalue weighted by Crippen LogP contribution is 2.20. The van der Waals surface area contributed by atoms with Crippen LogP contribution in [0.3, 0.4) is 0 Å². The number of likely N-dealkylation sites (N-methyl/N-ethyl adjacent to an activating group) is 1. The molecule has 2 aromatic rings. The van der Waals surface area contributed by atoms with E-state index in [1.54, 1.807) is 4.68 Å². The average Bonchev–Trinajstić information content (AvgIpc) is 2.86. The minimum Gasteiger partial charge on any atom is -0.307 e. The van der Waals surface area contributed by atoms with Crippen LogP contribution in [0.2, 0.25) is 0 Å². The normalized spacial score (nSPS) is 12.6. The summed E-state index contributed by atoms with van der Waals surface area (Å²) in [5, 5.41) is 14.9. The zero-order chi connectivity index (χ0) is 13.8. The number of rotatable bonds is 5. The second-order valence-corrected chi connectivity index (χ2v) is 4.62. The molecule has 1 aromatic carbocycles. The Bertz CT molecular complexity index is 551. The van der Waals surface area contributed by atoms with Crippen LogP contribution in [0.4, 0.5) is 5.69 Å². The molecule has 0 fully saturated rings. The zero-order valence-electron chi connectivity index (χ0n) is 10.9. The number of benzene rings is 1. The maximum atomic E-state index is 10.7. The van der Waals surface area contributed by atoms with Crippen LogP contribution in [-0.4, -0.2) is 40.2 Å². The van der Waals surface area contributed by atoms with Gasteiger partial charge in [-0.2, -0.15) is 5.10 Å². The molecule has 0 aliphatic carbocycles. The van der Waals surface area contributed by atoms with Gasteiger partial charge >= 0.3 is 5.69 Å². The smallest absolute Gasteiger partial charge is 0.307 e. The number of hydrogen-bond donors (Lipinski definition) is 0. The van der Waals surface area contributed by atoms with Crippen LogP contribution in [0.25, 0.3) is 0 Å². The van der Waals surface area contributed by atoms with Crippen molar-refractivity contribution in [3.63, 3.8) is 0 Å². The van der Waals surface area contributed by atoms with E-state index in [9.17, 15) is 10.1 Å². The Morgan fingerprint density at radius 2 is 2.05 bits per heavy atom. The van der Waals surface area contributed by atoms with E-state index in [1.165, 1.54) is 12.4 Å². The van der Waals surface area contributed by atoms with E-state index in [2.05, 4.69) is 5.10 Å². The van der Waals surface area contributed by atoms with E-state index in [0.717, 1.165) is 12.1 Å². The fourth-order valence-electron chi connectivity index (χ4n) is 1.96. The van der Waals surface area contributed by atoms with Gasteiger partial charge in [-0.3, -0.25) is 14.8 Å². The maximum Gasteiger partial charge on any atom is 0.307 e. The molecule has 1 unspecified atom stereocenters. The summed E-state index contributed by atoms with van der Waals surface area (Å²) in [6, 6.07) is 9.82. The van der Waals surface area contributed by atoms with Crippen molar-refractivity contribution in [2.24, 2.45) is 0 Å². The summed E-state index contributed by atoms with van der Waals surface area (Å²) in [5.74, 6) is 0. The first-order valence-corrected chi connectivity index (χ1v) is 5.96. The lowest BCUT2D eigenvalue weighted by Crippen LogP contribution is -2.25. The first-order chi connectivity index (χ1) is 9.08. The van der Waals surface area contributed by atoms with Crippen molar-refractivity contribution in [1.82, 2.24) is 14.7 Å². The Morgan fingerprint density at radius 1 is 1.37 bits per heavy atom. The third-order valence-electron chi connectivity index (χ3n) is 2.84. The first kappa shape index (κ1) is 13.2. The molecular formula is C13H16N4O2. The highest BCUT2D eigenvalue weighted by atomic mass is 16.6. The van der Waals surface area contributed by atoms with E-state index in [0.29, 0.717) is 0 Å². The number of nitrogens with zero attached hydrogens (tertiary/aromatic N) is 4. The van der Waals surface area contributed by atoms with Crippen LogP contribution in [0.15, 0.2) is 42.7 Å². The van der Waals surface area contributed by atoms with Crippen LogP contribution >= 0.6 is 0 Å². The summed E-state index contributed by atoms with van der Waals surface area (Å²) in [4.78, 5) is 12.3. The first-order valence-electron chi connectivity index (χ1n) is 5.96. The van der Waals surface area contributed by atoms with Gasteiger partial charge in [0.2, 0.25) is 0 Å². The lowest BCUT2D eigenvalue weighted by atomic mass is 10.1. The number of nitro groups is 1. The van der Waals surface area contributed by atoms with Crippen molar-refractivity contribution in [2.45, 2.75) is 6.04 Å². The van der Waals surface area contributed by atoms with E-state index in [1.807, 2.05) is 49.3 Å². The minimum absolute atomic E-state index is 0.0136. The van der Waals surface area contributed by atoms with Crippen LogP contribution in [0.5, 0.6) is 0 Å². The van der Waals surface area contributed by atoms with E-state index >= 15 is 0 Å². The van der Waals surface area contributed by atoms with Crippen molar-refractivity contribution >= 4 is 5.69 Å². The minimum atomic E-state index is -0.429. The Balaban J connectivity index is 2.34. The molecule has 100 valence electrons. The van der Waals surface area contributed by atoms with Crippen molar-refractivity contribution in [1.29, 1.82) is 0 Å². The van der Waals surface area contributed by atoms with Gasteiger partial charge in [-0.1, -0.05) is 30.3 Å². The van der Waals surface area contributed by atoms with Crippen molar-refractivity contribution in [2.75, 3.05) is 20.6 Å². The highest BCUT2D eigenvalue weighted by molar-refractivity contribution is 5.25. The zero-order valence-corrected chi connectivity index (χ0v) is 10.9. The molecule has 1 atom stereocenters. The van der Waals surface area contributed by atoms with Crippen LogP contribution < -0.4 is 0 Å². The molecule has 0 radical (unpaired) electrons. The van der Waals surface area contributed by atoms with Crippen molar-refractivity contribution in [3.8, 4) is 0 Å². The van der Waals surface area contributed by atoms with Crippen LogP contribution in [0.1, 0.15) is 11.6 Å². The quantitative estimate of drug-likeness (QED) is 0.608. The van der Waals surface area contributed by atoms with Gasteiger partial charge in [-0.25, -0.2) is 0 Å². The van der Waals surface area contributed by atoms with Gasteiger partial charge in [0, 0.05) is 6.54 Å². The summed E-state index contributed by atoms with van der Waals surface area (Å²) in [6.07, 6.45) is 2.76. The Labute approximate surface area is 111 Å². The maximum absolute atomic E-state index is 10.7. The van der Waals surface area contributed by atoms with E-state index in [4.69, 9.17) is 0 Å². The van der Waals surface area contributed by atoms with Crippen LogP contribution in [-0.2, 0) is 0 Å². The second kappa shape index (κ2) is 5.62. The molecule has 1 aromatic heterocycles. The predicted octanol–water partition coefficient (Wildman–Crippen LogP) is 1.94. The molecule has 0 spiro atoms. The molecular weight excluding hydrogens is 244 g/mol. The van der Waals surface area contributed by atoms with Gasteiger partial charge in [0.1, 0.15) is 12.4 Å². The van der Waals surface area contributed by atoms with Crippen molar-refractivity contribution in [3.05, 3.63) is 58.4 Å². The highest BCUT2D eigenvalue weighted by Gasteiger charge is 2.18. The average molecular weight is 260 g/mol. The molecule has 0 N–H and O–H groups in total. The van der Waals surface area contributed by atoms with Crippen molar-refractivity contribution < 1.29 is 4.92 Å². The van der Waals surface area contributed by atoms with E-state index < -0.39 is 4.92 Å². The number of hydrogen-bond acceptors (Lipinski definition) is 4. The molecule has 1 heterocycles. The Morgan fingerprint density at radius 3 is 2.58 bits per heavy atom. The topological polar surface area (TPSA) is 64.2 Å². The molecule has 0 aliphatic heterocycles. The molecule has 2 rings (SSSR count). The lowest BCUT2D eigenvalue weighted by molar-refractivity contribution is -0.385. The molecule has 0 bridgehead atoms. The fraction of sp³-hybridized carbons (Fsp3) is 0.308. The summed E-state index contributed by atoms with van der Waals surface area (Å²) < 4.78 is 1.65. The van der Waals surface area contributed by atoms with Gasteiger partial charge in [-0.05, 0) is 19.7 Å². The molecule has 19 heavy (non-hydrogen) atoms. The van der Waals surface area contributed by atoms with Gasteiger partial charge in [-0.15, -0.1) is 0 Å². The lowest BCUT2D eigenvalue weighted by Gasteiger charge is -2.21. The molecule has 0 saturated heterocycles. The van der Waals surface area contributed by atoms with Crippen LogP contribution in [0, 0.1) is 10.1 Å². The Kier molecular flexibility index (Phi) is 3.91. The summed E-state index contributed by atoms with van der Waals surface area (Å²) >= 11 is 0. The Hall–Kier alpha value is -2.21. The second-order valence-electron chi connectivity index (χ2n) is 4.62. The SMILES string of the molecule is CN(C)CC(c1ccccc1)n1cc([N+](=O)[O-])cn1. The fourth-order valence-corrected chi connectivity index (χ4v) is 1.96.